The van der Waals surface area contributed by atoms with Crippen LogP contribution in [-0.4, -0.2) is 26.7 Å². The Morgan fingerprint density at radius 2 is 2.00 bits per heavy atom. The highest BCUT2D eigenvalue weighted by Gasteiger charge is 2.22. The standard InChI is InChI=1S/C16H11ClFN3O3/c17-12-6-11(7-13(22)15(23)16-19-8-20-21-16)24-14(12)5-9-1-3-10(18)4-2-9/h1-4,6,8H,5,7H2,(H,19,20,21). The molecule has 1 aromatic carbocycles. The zero-order chi connectivity index (χ0) is 17.1. The molecule has 122 valence electrons. The molecule has 0 spiro atoms. The van der Waals surface area contributed by atoms with Crippen LogP contribution in [0.15, 0.2) is 41.1 Å². The Balaban J connectivity index is 1.70. The van der Waals surface area contributed by atoms with Crippen molar-refractivity contribution < 1.29 is 18.4 Å². The molecule has 8 heteroatoms. The summed E-state index contributed by atoms with van der Waals surface area (Å²) < 4.78 is 18.5. The summed E-state index contributed by atoms with van der Waals surface area (Å²) in [5.74, 6) is -1.31. The highest BCUT2D eigenvalue weighted by molar-refractivity contribution is 6.43. The van der Waals surface area contributed by atoms with E-state index < -0.39 is 11.6 Å². The number of H-pyrrole nitrogens is 1. The number of Topliss-reactive ketones (excluding diaryl/α,β-unsaturated/α-hetero) is 2. The van der Waals surface area contributed by atoms with Gasteiger partial charge < -0.3 is 4.42 Å². The molecule has 0 aliphatic carbocycles. The number of benzene rings is 1. The number of ketones is 2. The number of carbonyl (C=O) groups excluding carboxylic acids is 2. The van der Waals surface area contributed by atoms with Crippen LogP contribution >= 0.6 is 11.6 Å². The van der Waals surface area contributed by atoms with Crippen LogP contribution < -0.4 is 0 Å². The number of hydrogen-bond donors (Lipinski definition) is 1. The first-order chi connectivity index (χ1) is 11.5. The van der Waals surface area contributed by atoms with Crippen molar-refractivity contribution in [1.29, 1.82) is 0 Å². The number of nitrogens with one attached hydrogen (secondary N) is 1. The summed E-state index contributed by atoms with van der Waals surface area (Å²) >= 11 is 6.09. The van der Waals surface area contributed by atoms with Crippen molar-refractivity contribution in [3.8, 4) is 0 Å². The van der Waals surface area contributed by atoms with Crippen LogP contribution in [0.5, 0.6) is 0 Å². The van der Waals surface area contributed by atoms with Crippen LogP contribution in [0.2, 0.25) is 5.02 Å². The number of nitrogens with zero attached hydrogens (tertiary/aromatic N) is 2. The Morgan fingerprint density at radius 1 is 1.25 bits per heavy atom. The molecule has 1 N–H and O–H groups in total. The summed E-state index contributed by atoms with van der Waals surface area (Å²) in [6.45, 7) is 0. The minimum absolute atomic E-state index is 0.191. The zero-order valence-electron chi connectivity index (χ0n) is 12.3. The van der Waals surface area contributed by atoms with Crippen molar-refractivity contribution in [3.63, 3.8) is 0 Å². The SMILES string of the molecule is O=C(Cc1cc(Cl)c(Cc2ccc(F)cc2)o1)C(=O)c1nc[nH]n1. The highest BCUT2D eigenvalue weighted by Crippen LogP contribution is 2.24. The van der Waals surface area contributed by atoms with E-state index in [1.54, 1.807) is 12.1 Å². The molecule has 3 aromatic rings. The third-order valence-corrected chi connectivity index (χ3v) is 3.61. The molecule has 6 nitrogen and oxygen atoms in total. The Bertz CT molecular complexity index is 873. The van der Waals surface area contributed by atoms with E-state index in [9.17, 15) is 14.0 Å². The maximum absolute atomic E-state index is 12.9. The van der Waals surface area contributed by atoms with Gasteiger partial charge in [-0.3, -0.25) is 14.7 Å². The minimum Gasteiger partial charge on any atom is -0.464 e. The van der Waals surface area contributed by atoms with Crippen molar-refractivity contribution in [2.45, 2.75) is 12.8 Å². The van der Waals surface area contributed by atoms with E-state index in [0.717, 1.165) is 5.56 Å². The number of rotatable bonds is 6. The Labute approximate surface area is 140 Å². The summed E-state index contributed by atoms with van der Waals surface area (Å²) in [6.07, 6.45) is 1.32. The summed E-state index contributed by atoms with van der Waals surface area (Å²) in [6, 6.07) is 7.40. The molecular formula is C16H11ClFN3O3. The van der Waals surface area contributed by atoms with Gasteiger partial charge in [0.1, 0.15) is 23.7 Å². The lowest BCUT2D eigenvalue weighted by Crippen LogP contribution is -2.17. The summed E-state index contributed by atoms with van der Waals surface area (Å²) in [4.78, 5) is 27.4. The molecule has 0 radical (unpaired) electrons. The van der Waals surface area contributed by atoms with Crippen molar-refractivity contribution in [1.82, 2.24) is 15.2 Å². The molecule has 24 heavy (non-hydrogen) atoms. The Morgan fingerprint density at radius 3 is 2.67 bits per heavy atom. The molecule has 2 aromatic heterocycles. The largest absolute Gasteiger partial charge is 0.464 e. The van der Waals surface area contributed by atoms with Gasteiger partial charge in [0, 0.05) is 6.42 Å². The first kappa shape index (κ1) is 16.1. The monoisotopic (exact) mass is 347 g/mol. The molecule has 0 unspecified atom stereocenters. The summed E-state index contributed by atoms with van der Waals surface area (Å²) in [5.41, 5.74) is 0.808. The van der Waals surface area contributed by atoms with Gasteiger partial charge in [0.15, 0.2) is 0 Å². The van der Waals surface area contributed by atoms with Gasteiger partial charge >= 0.3 is 0 Å². The average Bonchev–Trinajstić information content (AvgIpc) is 3.19. The predicted molar refractivity (Wildman–Crippen MR) is 82.3 cm³/mol. The molecule has 3 rings (SSSR count). The topological polar surface area (TPSA) is 88.9 Å². The van der Waals surface area contributed by atoms with Gasteiger partial charge in [-0.1, -0.05) is 23.7 Å². The molecule has 0 bridgehead atoms. The number of halogens is 2. The molecule has 0 saturated heterocycles. The van der Waals surface area contributed by atoms with Gasteiger partial charge in [0.25, 0.3) is 5.78 Å². The lowest BCUT2D eigenvalue weighted by Gasteiger charge is -1.99. The van der Waals surface area contributed by atoms with Crippen LogP contribution in [0.25, 0.3) is 0 Å². The normalized spacial score (nSPS) is 10.8. The van der Waals surface area contributed by atoms with Crippen molar-refractivity contribution in [3.05, 3.63) is 70.4 Å². The van der Waals surface area contributed by atoms with E-state index in [-0.39, 0.29) is 23.8 Å². The third-order valence-electron chi connectivity index (χ3n) is 3.29. The highest BCUT2D eigenvalue weighted by atomic mass is 35.5. The van der Waals surface area contributed by atoms with Crippen molar-refractivity contribution in [2.75, 3.05) is 0 Å². The molecule has 0 aliphatic heterocycles. The van der Waals surface area contributed by atoms with E-state index in [0.29, 0.717) is 17.2 Å². The van der Waals surface area contributed by atoms with Crippen molar-refractivity contribution >= 4 is 23.2 Å². The number of hydrogen-bond acceptors (Lipinski definition) is 5. The summed E-state index contributed by atoms with van der Waals surface area (Å²) in [5, 5.41) is 6.28. The molecule has 0 amide bonds. The molecular weight excluding hydrogens is 337 g/mol. The summed E-state index contributed by atoms with van der Waals surface area (Å²) in [7, 11) is 0. The Kier molecular flexibility index (Phi) is 4.52. The fourth-order valence-electron chi connectivity index (χ4n) is 2.14. The second kappa shape index (κ2) is 6.76. The van der Waals surface area contributed by atoms with Crippen molar-refractivity contribution in [2.24, 2.45) is 0 Å². The number of aromatic amines is 1. The number of furan rings is 1. The van der Waals surface area contributed by atoms with E-state index >= 15 is 0 Å². The second-order valence-corrected chi connectivity index (χ2v) is 5.45. The number of aromatic nitrogens is 3. The quantitative estimate of drug-likeness (QED) is 0.547. The molecule has 0 saturated carbocycles. The van der Waals surface area contributed by atoms with Gasteiger partial charge in [-0.15, -0.1) is 5.10 Å². The maximum atomic E-state index is 12.9. The number of carbonyl (C=O) groups is 2. The van der Waals surface area contributed by atoms with Gasteiger partial charge in [-0.25, -0.2) is 9.37 Å². The molecule has 0 fully saturated rings. The van der Waals surface area contributed by atoms with E-state index in [1.165, 1.54) is 24.5 Å². The first-order valence-electron chi connectivity index (χ1n) is 6.98. The minimum atomic E-state index is -0.802. The van der Waals surface area contributed by atoms with Gasteiger partial charge in [-0.05, 0) is 23.8 Å². The van der Waals surface area contributed by atoms with E-state index in [1.807, 2.05) is 0 Å². The Hall–Kier alpha value is -2.80. The maximum Gasteiger partial charge on any atom is 0.268 e. The fourth-order valence-corrected chi connectivity index (χ4v) is 2.36. The zero-order valence-corrected chi connectivity index (χ0v) is 13.0. The first-order valence-corrected chi connectivity index (χ1v) is 7.35. The van der Waals surface area contributed by atoms with E-state index in [2.05, 4.69) is 15.2 Å². The molecule has 2 heterocycles. The van der Waals surface area contributed by atoms with Crippen LogP contribution in [0, 0.1) is 5.82 Å². The third kappa shape index (κ3) is 3.57. The average molecular weight is 348 g/mol. The lowest BCUT2D eigenvalue weighted by atomic mass is 10.1. The molecule has 0 aliphatic rings. The molecule has 0 atom stereocenters. The van der Waals surface area contributed by atoms with Gasteiger partial charge in [-0.2, -0.15) is 0 Å². The van der Waals surface area contributed by atoms with Crippen LogP contribution in [-0.2, 0) is 17.6 Å². The van der Waals surface area contributed by atoms with E-state index in [4.69, 9.17) is 16.0 Å². The van der Waals surface area contributed by atoms with Gasteiger partial charge in [0.05, 0.1) is 11.4 Å². The van der Waals surface area contributed by atoms with Crippen LogP contribution in [0.1, 0.15) is 27.7 Å². The predicted octanol–water partition coefficient (Wildman–Crippen LogP) is 2.78. The van der Waals surface area contributed by atoms with Crippen LogP contribution in [0.4, 0.5) is 4.39 Å². The van der Waals surface area contributed by atoms with Gasteiger partial charge in [0.2, 0.25) is 11.6 Å². The lowest BCUT2D eigenvalue weighted by molar-refractivity contribution is -0.114. The fraction of sp³-hybridized carbons (Fsp3) is 0.125. The smallest absolute Gasteiger partial charge is 0.268 e. The second-order valence-electron chi connectivity index (χ2n) is 5.04. The van der Waals surface area contributed by atoms with Crippen LogP contribution in [0.3, 0.4) is 0 Å².